The number of benzene rings is 2. The molecule has 1 heterocycles. The minimum Gasteiger partial charge on any atom is -0.497 e. The normalized spacial score (nSPS) is 10.5. The first-order chi connectivity index (χ1) is 13.0. The number of carboxylic acid groups (broad SMARTS) is 1. The van der Waals surface area contributed by atoms with Gasteiger partial charge in [0.2, 0.25) is 0 Å². The largest absolute Gasteiger partial charge is 0.497 e. The number of thiazole rings is 1. The third-order valence-electron chi connectivity index (χ3n) is 3.79. The Hall–Kier alpha value is -2.77. The molecular formula is C19H17ClN2O4S. The number of nitrogens with zero attached hydrogens (tertiary/aromatic N) is 1. The van der Waals surface area contributed by atoms with Gasteiger partial charge in [0.25, 0.3) is 0 Å². The highest BCUT2D eigenvalue weighted by atomic mass is 35.5. The summed E-state index contributed by atoms with van der Waals surface area (Å²) in [7, 11) is 3.11. The summed E-state index contributed by atoms with van der Waals surface area (Å²) in [6, 6.07) is 12.6. The number of rotatable bonds is 7. The molecule has 0 saturated heterocycles. The van der Waals surface area contributed by atoms with Crippen molar-refractivity contribution < 1.29 is 19.4 Å². The van der Waals surface area contributed by atoms with Gasteiger partial charge in [0.1, 0.15) is 11.5 Å². The summed E-state index contributed by atoms with van der Waals surface area (Å²) in [6.07, 6.45) is -0.146. The van der Waals surface area contributed by atoms with Crippen molar-refractivity contribution in [1.82, 2.24) is 4.98 Å². The van der Waals surface area contributed by atoms with Crippen molar-refractivity contribution in [3.8, 4) is 22.8 Å². The number of hydrogen-bond acceptors (Lipinski definition) is 6. The van der Waals surface area contributed by atoms with Crippen LogP contribution in [0.15, 0.2) is 42.5 Å². The molecule has 8 heteroatoms. The number of carboxylic acids is 1. The lowest BCUT2D eigenvalue weighted by atomic mass is 10.1. The van der Waals surface area contributed by atoms with E-state index in [4.69, 9.17) is 21.1 Å². The second-order valence-electron chi connectivity index (χ2n) is 5.53. The van der Waals surface area contributed by atoms with Crippen LogP contribution in [0.3, 0.4) is 0 Å². The van der Waals surface area contributed by atoms with Crippen molar-refractivity contribution in [2.24, 2.45) is 0 Å². The summed E-state index contributed by atoms with van der Waals surface area (Å²) in [6.45, 7) is 0. The standard InChI is InChI=1S/C19H17ClN2O4S/c1-25-11-7-8-12(15(9-11)26-2)18-16(10-17(23)24)27-19(22-18)21-14-6-4-3-5-13(14)20/h3-9H,10H2,1-2H3,(H,21,22)(H,23,24). The first-order valence-electron chi connectivity index (χ1n) is 7.97. The van der Waals surface area contributed by atoms with Gasteiger partial charge in [-0.15, -0.1) is 11.3 Å². The molecule has 6 nitrogen and oxygen atoms in total. The Labute approximate surface area is 165 Å². The zero-order chi connectivity index (χ0) is 19.4. The van der Waals surface area contributed by atoms with Crippen LogP contribution in [0, 0.1) is 0 Å². The summed E-state index contributed by atoms with van der Waals surface area (Å²) in [5.74, 6) is 0.257. The van der Waals surface area contributed by atoms with Gasteiger partial charge >= 0.3 is 5.97 Å². The van der Waals surface area contributed by atoms with E-state index in [1.165, 1.54) is 11.3 Å². The average Bonchev–Trinajstić information content (AvgIpc) is 3.04. The number of carbonyl (C=O) groups is 1. The van der Waals surface area contributed by atoms with Crippen LogP contribution in [-0.4, -0.2) is 30.3 Å². The minimum atomic E-state index is -0.934. The Kier molecular flexibility index (Phi) is 5.83. The van der Waals surface area contributed by atoms with Crippen molar-refractivity contribution in [2.45, 2.75) is 6.42 Å². The smallest absolute Gasteiger partial charge is 0.308 e. The van der Waals surface area contributed by atoms with E-state index >= 15 is 0 Å². The fraction of sp³-hybridized carbons (Fsp3) is 0.158. The van der Waals surface area contributed by atoms with Gasteiger partial charge in [-0.05, 0) is 24.3 Å². The topological polar surface area (TPSA) is 80.7 Å². The minimum absolute atomic E-state index is 0.146. The zero-order valence-electron chi connectivity index (χ0n) is 14.7. The lowest BCUT2D eigenvalue weighted by Crippen LogP contribution is -2.00. The molecule has 0 spiro atoms. The quantitative estimate of drug-likeness (QED) is 0.585. The third-order valence-corrected chi connectivity index (χ3v) is 5.09. The Balaban J connectivity index is 2.05. The van der Waals surface area contributed by atoms with Crippen LogP contribution < -0.4 is 14.8 Å². The summed E-state index contributed by atoms with van der Waals surface area (Å²) < 4.78 is 10.7. The van der Waals surface area contributed by atoms with Gasteiger partial charge in [-0.3, -0.25) is 4.79 Å². The maximum Gasteiger partial charge on any atom is 0.308 e. The Morgan fingerprint density at radius 3 is 2.67 bits per heavy atom. The molecule has 0 saturated carbocycles. The van der Waals surface area contributed by atoms with Gasteiger partial charge in [0.15, 0.2) is 5.13 Å². The number of anilines is 2. The molecule has 2 aromatic carbocycles. The van der Waals surface area contributed by atoms with Crippen LogP contribution in [0.2, 0.25) is 5.02 Å². The molecule has 0 radical (unpaired) electrons. The number of aromatic nitrogens is 1. The second kappa shape index (κ2) is 8.28. The molecule has 2 N–H and O–H groups in total. The molecular weight excluding hydrogens is 388 g/mol. The van der Waals surface area contributed by atoms with Crippen molar-refractivity contribution in [3.05, 3.63) is 52.4 Å². The summed E-state index contributed by atoms with van der Waals surface area (Å²) in [5.41, 5.74) is 1.94. The summed E-state index contributed by atoms with van der Waals surface area (Å²) in [5, 5.41) is 13.5. The van der Waals surface area contributed by atoms with Crippen LogP contribution in [0.1, 0.15) is 4.88 Å². The second-order valence-corrected chi connectivity index (χ2v) is 7.02. The first kappa shape index (κ1) is 19.0. The monoisotopic (exact) mass is 404 g/mol. The number of aliphatic carboxylic acids is 1. The van der Waals surface area contributed by atoms with Crippen LogP contribution in [0.25, 0.3) is 11.3 Å². The molecule has 0 fully saturated rings. The highest BCUT2D eigenvalue weighted by Gasteiger charge is 2.19. The fourth-order valence-electron chi connectivity index (χ4n) is 2.54. The molecule has 0 unspecified atom stereocenters. The summed E-state index contributed by atoms with van der Waals surface area (Å²) in [4.78, 5) is 16.5. The van der Waals surface area contributed by atoms with E-state index in [1.807, 2.05) is 18.2 Å². The predicted molar refractivity (Wildman–Crippen MR) is 107 cm³/mol. The van der Waals surface area contributed by atoms with Crippen LogP contribution in [-0.2, 0) is 11.2 Å². The number of halogens is 1. The SMILES string of the molecule is COc1ccc(-c2nc(Nc3ccccc3Cl)sc2CC(=O)O)c(OC)c1. The third kappa shape index (κ3) is 4.32. The van der Waals surface area contributed by atoms with E-state index in [0.717, 1.165) is 0 Å². The van der Waals surface area contributed by atoms with Gasteiger partial charge in [0.05, 0.1) is 37.0 Å². The molecule has 0 bridgehead atoms. The lowest BCUT2D eigenvalue weighted by Gasteiger charge is -2.09. The van der Waals surface area contributed by atoms with Crippen molar-refractivity contribution >= 4 is 39.7 Å². The van der Waals surface area contributed by atoms with Crippen LogP contribution in [0.4, 0.5) is 10.8 Å². The molecule has 0 aliphatic heterocycles. The molecule has 1 aromatic heterocycles. The summed E-state index contributed by atoms with van der Waals surface area (Å²) >= 11 is 7.46. The van der Waals surface area contributed by atoms with Crippen molar-refractivity contribution in [3.63, 3.8) is 0 Å². The van der Waals surface area contributed by atoms with Crippen molar-refractivity contribution in [1.29, 1.82) is 0 Å². The number of hydrogen-bond donors (Lipinski definition) is 2. The van der Waals surface area contributed by atoms with Gasteiger partial charge in [-0.2, -0.15) is 0 Å². The predicted octanol–water partition coefficient (Wildman–Crippen LogP) is 4.85. The van der Waals surface area contributed by atoms with Gasteiger partial charge in [-0.25, -0.2) is 4.98 Å². The molecule has 0 amide bonds. The maximum absolute atomic E-state index is 11.3. The van der Waals surface area contributed by atoms with E-state index in [0.29, 0.717) is 43.5 Å². The Morgan fingerprint density at radius 2 is 2.00 bits per heavy atom. The van der Waals surface area contributed by atoms with E-state index in [1.54, 1.807) is 38.5 Å². The first-order valence-corrected chi connectivity index (χ1v) is 9.16. The number of nitrogens with one attached hydrogen (secondary N) is 1. The Morgan fingerprint density at radius 1 is 1.22 bits per heavy atom. The molecule has 140 valence electrons. The molecule has 0 aliphatic rings. The maximum atomic E-state index is 11.3. The zero-order valence-corrected chi connectivity index (χ0v) is 16.2. The van der Waals surface area contributed by atoms with Crippen molar-refractivity contribution in [2.75, 3.05) is 19.5 Å². The molecule has 3 rings (SSSR count). The lowest BCUT2D eigenvalue weighted by molar-refractivity contribution is -0.136. The van der Waals surface area contributed by atoms with Crippen LogP contribution >= 0.6 is 22.9 Å². The van der Waals surface area contributed by atoms with E-state index < -0.39 is 5.97 Å². The highest BCUT2D eigenvalue weighted by molar-refractivity contribution is 7.16. The molecule has 27 heavy (non-hydrogen) atoms. The van der Waals surface area contributed by atoms with E-state index in [-0.39, 0.29) is 6.42 Å². The van der Waals surface area contributed by atoms with Gasteiger partial charge in [0, 0.05) is 16.5 Å². The van der Waals surface area contributed by atoms with Gasteiger partial charge < -0.3 is 19.9 Å². The van der Waals surface area contributed by atoms with E-state index in [9.17, 15) is 9.90 Å². The molecule has 0 atom stereocenters. The average molecular weight is 405 g/mol. The Bertz CT molecular complexity index is 974. The molecule has 0 aliphatic carbocycles. The van der Waals surface area contributed by atoms with E-state index in [2.05, 4.69) is 10.3 Å². The van der Waals surface area contributed by atoms with Gasteiger partial charge in [-0.1, -0.05) is 23.7 Å². The van der Waals surface area contributed by atoms with Crippen LogP contribution in [0.5, 0.6) is 11.5 Å². The number of methoxy groups -OCH3 is 2. The highest BCUT2D eigenvalue weighted by Crippen LogP contribution is 2.39. The fourth-order valence-corrected chi connectivity index (χ4v) is 3.71. The number of para-hydroxylation sites is 1. The molecule has 3 aromatic rings. The number of ether oxygens (including phenoxy) is 2.